The first-order valence-electron chi connectivity index (χ1n) is 7.47. The van der Waals surface area contributed by atoms with Crippen LogP contribution in [-0.2, 0) is 4.79 Å². The Morgan fingerprint density at radius 1 is 1.11 bits per heavy atom. The summed E-state index contributed by atoms with van der Waals surface area (Å²) in [6, 6.07) is 0.755. The molecule has 0 spiro atoms. The van der Waals surface area contributed by atoms with E-state index in [9.17, 15) is 4.79 Å². The summed E-state index contributed by atoms with van der Waals surface area (Å²) >= 11 is 0. The molecule has 0 N–H and O–H groups in total. The second-order valence-corrected chi connectivity index (χ2v) is 7.06. The minimum Gasteiger partial charge on any atom is -0.343 e. The number of amides is 1. The first-order valence-corrected chi connectivity index (χ1v) is 7.47. The van der Waals surface area contributed by atoms with Gasteiger partial charge in [-0.2, -0.15) is 0 Å². The first-order chi connectivity index (χ1) is 8.46. The molecule has 0 saturated carbocycles. The molecule has 104 valence electrons. The quantitative estimate of drug-likeness (QED) is 0.770. The van der Waals surface area contributed by atoms with Gasteiger partial charge in [-0.15, -0.1) is 0 Å². The molecule has 3 heteroatoms. The highest BCUT2D eigenvalue weighted by Crippen LogP contribution is 2.24. The number of likely N-dealkylation sites (tertiary alicyclic amines) is 2. The number of carbonyl (C=O) groups is 1. The lowest BCUT2D eigenvalue weighted by Crippen LogP contribution is -2.51. The molecule has 0 aromatic heterocycles. The Hall–Kier alpha value is -0.570. The molecule has 2 aliphatic heterocycles. The Labute approximate surface area is 112 Å². The minimum absolute atomic E-state index is 0.269. The van der Waals surface area contributed by atoms with E-state index < -0.39 is 0 Å². The van der Waals surface area contributed by atoms with Gasteiger partial charge in [-0.3, -0.25) is 4.79 Å². The zero-order chi connectivity index (χ0) is 13.2. The van der Waals surface area contributed by atoms with Crippen molar-refractivity contribution in [1.82, 2.24) is 9.80 Å². The van der Waals surface area contributed by atoms with Crippen molar-refractivity contribution in [3.63, 3.8) is 0 Å². The number of piperidine rings is 1. The fraction of sp³-hybridized carbons (Fsp3) is 0.933. The summed E-state index contributed by atoms with van der Waals surface area (Å²) in [5.41, 5.74) is 0.269. The Morgan fingerprint density at radius 2 is 1.72 bits per heavy atom. The Bertz CT molecular complexity index is 283. The molecule has 0 aromatic rings. The highest BCUT2D eigenvalue weighted by molar-refractivity contribution is 5.76. The third-order valence-electron chi connectivity index (χ3n) is 4.31. The van der Waals surface area contributed by atoms with Crippen molar-refractivity contribution in [2.24, 2.45) is 5.41 Å². The Kier molecular flexibility index (Phi) is 4.31. The number of rotatable bonds is 3. The average Bonchev–Trinajstić information content (AvgIpc) is 2.23. The van der Waals surface area contributed by atoms with Crippen LogP contribution >= 0.6 is 0 Å². The molecular weight excluding hydrogens is 224 g/mol. The SMILES string of the molecule is CC(C)(C)CCC(=O)N1CCC(N2CCC2)CC1. The van der Waals surface area contributed by atoms with E-state index in [-0.39, 0.29) is 5.41 Å². The fourth-order valence-electron chi connectivity index (χ4n) is 2.83. The molecule has 0 bridgehead atoms. The first kappa shape index (κ1) is 13.9. The molecule has 1 amide bonds. The van der Waals surface area contributed by atoms with Crippen LogP contribution in [0, 0.1) is 5.41 Å². The third-order valence-corrected chi connectivity index (χ3v) is 4.31. The molecular formula is C15H28N2O. The molecule has 0 aromatic carbocycles. The van der Waals surface area contributed by atoms with E-state index in [1.165, 1.54) is 32.4 Å². The van der Waals surface area contributed by atoms with Crippen LogP contribution in [-0.4, -0.2) is 47.9 Å². The molecule has 0 aliphatic carbocycles. The van der Waals surface area contributed by atoms with Crippen LogP contribution in [0.1, 0.15) is 52.9 Å². The lowest BCUT2D eigenvalue weighted by molar-refractivity contribution is -0.133. The Balaban J connectivity index is 1.70. The average molecular weight is 252 g/mol. The van der Waals surface area contributed by atoms with Gasteiger partial charge in [0.15, 0.2) is 0 Å². The van der Waals surface area contributed by atoms with Gasteiger partial charge in [0.05, 0.1) is 0 Å². The zero-order valence-corrected chi connectivity index (χ0v) is 12.2. The molecule has 2 fully saturated rings. The molecule has 18 heavy (non-hydrogen) atoms. The van der Waals surface area contributed by atoms with E-state index in [0.29, 0.717) is 5.91 Å². The maximum absolute atomic E-state index is 12.1. The van der Waals surface area contributed by atoms with Gasteiger partial charge in [0.2, 0.25) is 5.91 Å². The molecule has 2 saturated heterocycles. The van der Waals surface area contributed by atoms with Crippen LogP contribution in [0.3, 0.4) is 0 Å². The zero-order valence-electron chi connectivity index (χ0n) is 12.2. The number of nitrogens with zero attached hydrogens (tertiary/aromatic N) is 2. The molecule has 2 aliphatic rings. The highest BCUT2D eigenvalue weighted by Gasteiger charge is 2.29. The van der Waals surface area contributed by atoms with Crippen molar-refractivity contribution in [3.05, 3.63) is 0 Å². The van der Waals surface area contributed by atoms with Gasteiger partial charge in [0.1, 0.15) is 0 Å². The summed E-state index contributed by atoms with van der Waals surface area (Å²) in [5, 5.41) is 0. The molecule has 3 nitrogen and oxygen atoms in total. The van der Waals surface area contributed by atoms with Crippen LogP contribution in [0.15, 0.2) is 0 Å². The van der Waals surface area contributed by atoms with Crippen LogP contribution in [0.5, 0.6) is 0 Å². The van der Waals surface area contributed by atoms with Crippen molar-refractivity contribution in [2.45, 2.75) is 58.9 Å². The summed E-state index contributed by atoms with van der Waals surface area (Å²) in [6.07, 6.45) is 5.45. The van der Waals surface area contributed by atoms with Gasteiger partial charge in [0, 0.05) is 25.6 Å². The predicted molar refractivity (Wildman–Crippen MR) is 74.5 cm³/mol. The highest BCUT2D eigenvalue weighted by atomic mass is 16.2. The van der Waals surface area contributed by atoms with E-state index >= 15 is 0 Å². The molecule has 0 atom stereocenters. The lowest BCUT2D eigenvalue weighted by Gasteiger charge is -2.43. The van der Waals surface area contributed by atoms with Gasteiger partial charge >= 0.3 is 0 Å². The van der Waals surface area contributed by atoms with Crippen molar-refractivity contribution < 1.29 is 4.79 Å². The molecule has 0 radical (unpaired) electrons. The van der Waals surface area contributed by atoms with Crippen LogP contribution in [0.4, 0.5) is 0 Å². The fourth-order valence-corrected chi connectivity index (χ4v) is 2.83. The van der Waals surface area contributed by atoms with Crippen molar-refractivity contribution in [2.75, 3.05) is 26.2 Å². The lowest BCUT2D eigenvalue weighted by atomic mass is 9.90. The van der Waals surface area contributed by atoms with E-state index in [0.717, 1.165) is 32.0 Å². The number of hydrogen-bond acceptors (Lipinski definition) is 2. The predicted octanol–water partition coefficient (Wildman–Crippen LogP) is 2.51. The van der Waals surface area contributed by atoms with Crippen molar-refractivity contribution >= 4 is 5.91 Å². The second-order valence-electron chi connectivity index (χ2n) is 7.06. The second kappa shape index (κ2) is 5.60. The van der Waals surface area contributed by atoms with Crippen molar-refractivity contribution in [1.29, 1.82) is 0 Å². The number of carbonyl (C=O) groups excluding carboxylic acids is 1. The van der Waals surface area contributed by atoms with Crippen molar-refractivity contribution in [3.8, 4) is 0 Å². The maximum atomic E-state index is 12.1. The van der Waals surface area contributed by atoms with Gasteiger partial charge in [-0.25, -0.2) is 0 Å². The summed E-state index contributed by atoms with van der Waals surface area (Å²) in [5.74, 6) is 0.368. The topological polar surface area (TPSA) is 23.6 Å². The van der Waals surface area contributed by atoms with E-state index in [4.69, 9.17) is 0 Å². The summed E-state index contributed by atoms with van der Waals surface area (Å²) < 4.78 is 0. The molecule has 2 rings (SSSR count). The molecule has 2 heterocycles. The number of hydrogen-bond donors (Lipinski definition) is 0. The molecule has 0 unspecified atom stereocenters. The standard InChI is InChI=1S/C15H28N2O/c1-15(2,3)8-5-14(18)17-11-6-13(7-12-17)16-9-4-10-16/h13H,4-12H2,1-3H3. The summed E-state index contributed by atoms with van der Waals surface area (Å²) in [7, 11) is 0. The van der Waals surface area contributed by atoms with Gasteiger partial charge in [0.25, 0.3) is 0 Å². The van der Waals surface area contributed by atoms with E-state index in [2.05, 4.69) is 30.6 Å². The maximum Gasteiger partial charge on any atom is 0.222 e. The van der Waals surface area contributed by atoms with Crippen LogP contribution in [0.25, 0.3) is 0 Å². The van der Waals surface area contributed by atoms with Gasteiger partial charge in [-0.05, 0) is 44.2 Å². The van der Waals surface area contributed by atoms with Crippen LogP contribution < -0.4 is 0 Å². The monoisotopic (exact) mass is 252 g/mol. The summed E-state index contributed by atoms with van der Waals surface area (Å²) in [4.78, 5) is 16.8. The van der Waals surface area contributed by atoms with E-state index in [1.54, 1.807) is 0 Å². The Morgan fingerprint density at radius 3 is 2.17 bits per heavy atom. The largest absolute Gasteiger partial charge is 0.343 e. The summed E-state index contributed by atoms with van der Waals surface area (Å²) in [6.45, 7) is 11.1. The smallest absolute Gasteiger partial charge is 0.222 e. The normalized spacial score (nSPS) is 22.9. The van der Waals surface area contributed by atoms with Gasteiger partial charge < -0.3 is 9.80 Å². The van der Waals surface area contributed by atoms with Gasteiger partial charge in [-0.1, -0.05) is 20.8 Å². The van der Waals surface area contributed by atoms with E-state index in [1.807, 2.05) is 0 Å². The minimum atomic E-state index is 0.269. The van der Waals surface area contributed by atoms with Crippen LogP contribution in [0.2, 0.25) is 0 Å². The third kappa shape index (κ3) is 3.71.